The number of aliphatic hydroxyl groups is 4. The second kappa shape index (κ2) is 27.4. The van der Waals surface area contributed by atoms with Gasteiger partial charge < -0.3 is 25.7 Å². The number of ketones is 6. The maximum Gasteiger partial charge on any atom is 0.146 e. The van der Waals surface area contributed by atoms with Crippen molar-refractivity contribution >= 4 is 34.7 Å². The Hall–Kier alpha value is -2.18. The van der Waals surface area contributed by atoms with Crippen molar-refractivity contribution in [2.45, 2.75) is 195 Å². The molecule has 0 spiro atoms. The zero-order chi connectivity index (χ0) is 39.4. The van der Waals surface area contributed by atoms with Crippen LogP contribution in [0.2, 0.25) is 0 Å². The summed E-state index contributed by atoms with van der Waals surface area (Å²) in [5, 5.41) is 38.8. The largest absolute Gasteiger partial charge is 0.393 e. The molecule has 5 N–H and O–H groups in total. The molecule has 1 heterocycles. The van der Waals surface area contributed by atoms with Gasteiger partial charge in [-0.15, -0.1) is 0 Å². The first-order valence-electron chi connectivity index (χ1n) is 19.9. The standard InChI is InChI=1S/3C7H12O2.2C7H12O.C6H11NO2.CH4/c3*1-5(8)6-2-3-7(9)4-6;2*1-6(8)7-4-2-3-5-7;1-4(8)6-2-5(9)3-7-6;/h3*6-7,9H,2-4H2,1H3;2*7H,2-5H2,1H3;5-7,9H,2-3H2,1H3;1H4/t2*6-,7+;6-,7-;;;5-,6+;/m100..0./s1. The minimum absolute atomic E-state index is 0. The molecule has 308 valence electrons. The number of carbonyl (C=O) groups is 6. The highest BCUT2D eigenvalue weighted by atomic mass is 16.3. The van der Waals surface area contributed by atoms with E-state index in [9.17, 15) is 28.8 Å². The van der Waals surface area contributed by atoms with Crippen molar-refractivity contribution in [3.63, 3.8) is 0 Å². The molecule has 6 aliphatic rings. The van der Waals surface area contributed by atoms with E-state index in [2.05, 4.69) is 5.32 Å². The first kappa shape index (κ1) is 50.8. The lowest BCUT2D eigenvalue weighted by Gasteiger charge is -2.01. The molecule has 5 saturated carbocycles. The van der Waals surface area contributed by atoms with E-state index in [0.717, 1.165) is 64.2 Å². The first-order valence-corrected chi connectivity index (χ1v) is 19.9. The summed E-state index contributed by atoms with van der Waals surface area (Å²) in [5.74, 6) is 2.89. The first-order chi connectivity index (χ1) is 24.4. The van der Waals surface area contributed by atoms with Crippen LogP contribution in [0, 0.1) is 29.6 Å². The van der Waals surface area contributed by atoms with Crippen LogP contribution in [0.3, 0.4) is 0 Å². The number of hydrogen-bond acceptors (Lipinski definition) is 11. The van der Waals surface area contributed by atoms with E-state index in [1.807, 2.05) is 0 Å². The Morgan fingerprint density at radius 2 is 0.660 bits per heavy atom. The van der Waals surface area contributed by atoms with Gasteiger partial charge in [-0.2, -0.15) is 0 Å². The van der Waals surface area contributed by atoms with Gasteiger partial charge in [-0.1, -0.05) is 33.1 Å². The van der Waals surface area contributed by atoms with Gasteiger partial charge in [0, 0.05) is 36.1 Å². The van der Waals surface area contributed by atoms with Crippen LogP contribution in [0.15, 0.2) is 0 Å². The van der Waals surface area contributed by atoms with Gasteiger partial charge in [0.25, 0.3) is 0 Å². The van der Waals surface area contributed by atoms with Crippen LogP contribution in [0.4, 0.5) is 0 Å². The van der Waals surface area contributed by atoms with Crippen molar-refractivity contribution in [3.05, 3.63) is 0 Å². The van der Waals surface area contributed by atoms with E-state index >= 15 is 0 Å². The van der Waals surface area contributed by atoms with Gasteiger partial charge >= 0.3 is 0 Å². The van der Waals surface area contributed by atoms with Crippen molar-refractivity contribution in [3.8, 4) is 0 Å². The van der Waals surface area contributed by atoms with Gasteiger partial charge in [0.05, 0.1) is 30.5 Å². The van der Waals surface area contributed by atoms with E-state index in [4.69, 9.17) is 20.4 Å². The molecule has 5 aliphatic carbocycles. The number of aliphatic hydroxyl groups excluding tert-OH is 4. The van der Waals surface area contributed by atoms with Gasteiger partial charge in [0.2, 0.25) is 0 Å². The molecular weight excluding hydrogens is 678 g/mol. The van der Waals surface area contributed by atoms with Gasteiger partial charge in [0.1, 0.15) is 34.7 Å². The highest BCUT2D eigenvalue weighted by Crippen LogP contribution is 2.28. The quantitative estimate of drug-likeness (QED) is 0.224. The highest BCUT2D eigenvalue weighted by Gasteiger charge is 2.28. The van der Waals surface area contributed by atoms with E-state index in [1.165, 1.54) is 32.6 Å². The lowest BCUT2D eigenvalue weighted by molar-refractivity contribution is -0.121. The second-order valence-electron chi connectivity index (χ2n) is 16.0. The third-order valence-electron chi connectivity index (χ3n) is 11.4. The van der Waals surface area contributed by atoms with Crippen molar-refractivity contribution in [2.75, 3.05) is 6.54 Å². The smallest absolute Gasteiger partial charge is 0.146 e. The van der Waals surface area contributed by atoms with Crippen LogP contribution < -0.4 is 5.32 Å². The molecule has 0 aromatic carbocycles. The molecule has 1 aliphatic heterocycles. The van der Waals surface area contributed by atoms with Gasteiger partial charge in [-0.25, -0.2) is 0 Å². The molecule has 53 heavy (non-hydrogen) atoms. The minimum atomic E-state index is -0.320. The summed E-state index contributed by atoms with van der Waals surface area (Å²) in [7, 11) is 0. The predicted molar refractivity (Wildman–Crippen MR) is 207 cm³/mol. The number of β-amino-alcohol motifs (C(OH)–C–C–N with tert-alkyl or cyclic N) is 1. The minimum Gasteiger partial charge on any atom is -0.393 e. The number of rotatable bonds is 6. The van der Waals surface area contributed by atoms with E-state index in [-0.39, 0.29) is 78.8 Å². The maximum atomic E-state index is 10.7. The second-order valence-corrected chi connectivity index (χ2v) is 16.0. The van der Waals surface area contributed by atoms with Crippen LogP contribution in [-0.2, 0) is 28.8 Å². The lowest BCUT2D eigenvalue weighted by Crippen LogP contribution is -2.28. The predicted octanol–water partition coefficient (Wildman–Crippen LogP) is 5.67. The van der Waals surface area contributed by atoms with Crippen molar-refractivity contribution in [1.82, 2.24) is 5.32 Å². The topological polar surface area (TPSA) is 195 Å². The van der Waals surface area contributed by atoms with Crippen molar-refractivity contribution in [2.24, 2.45) is 29.6 Å². The molecule has 0 aromatic heterocycles. The molecule has 11 heteroatoms. The Kier molecular flexibility index (Phi) is 26.3. The molecule has 1 saturated heterocycles. The third kappa shape index (κ3) is 22.1. The van der Waals surface area contributed by atoms with Crippen LogP contribution in [-0.4, -0.2) is 92.1 Å². The van der Waals surface area contributed by atoms with Crippen molar-refractivity contribution in [1.29, 1.82) is 0 Å². The van der Waals surface area contributed by atoms with Crippen LogP contribution in [0.25, 0.3) is 0 Å². The fourth-order valence-corrected chi connectivity index (χ4v) is 7.67. The molecule has 0 radical (unpaired) electrons. The molecule has 0 bridgehead atoms. The summed E-state index contributed by atoms with van der Waals surface area (Å²) in [6.45, 7) is 10.3. The monoisotopic (exact) mass is 754 g/mol. The summed E-state index contributed by atoms with van der Waals surface area (Å²) in [5.41, 5.74) is 0. The molecule has 11 nitrogen and oxygen atoms in total. The summed E-state index contributed by atoms with van der Waals surface area (Å²) in [6, 6.07) is -0.0972. The Bertz CT molecular complexity index is 967. The summed E-state index contributed by atoms with van der Waals surface area (Å²) >= 11 is 0. The molecular formula is C42H75NO10. The summed E-state index contributed by atoms with van der Waals surface area (Å²) in [4.78, 5) is 64.0. The Labute approximate surface area is 319 Å². The average Bonchev–Trinajstić information content (AvgIpc) is 3.92. The van der Waals surface area contributed by atoms with Gasteiger partial charge in [-0.3, -0.25) is 28.8 Å². The SMILES string of the molecule is C.CC(=O)C1CCCC1.CC(=O)C1CCCC1.CC(=O)[C@@H]1CC[C@H](O)C1.CC(=O)[C@H]1CC[C@@H](O)C1.CC(=O)[C@H]1CC[C@H](O)C1.CC(=O)[C@H]1C[C@H](O)CN1. The van der Waals surface area contributed by atoms with E-state index in [0.29, 0.717) is 55.6 Å². The van der Waals surface area contributed by atoms with E-state index in [1.54, 1.807) is 34.6 Å². The van der Waals surface area contributed by atoms with Gasteiger partial charge in [-0.05, 0) is 131 Å². The van der Waals surface area contributed by atoms with Gasteiger partial charge in [0.15, 0.2) is 0 Å². The molecule has 0 amide bonds. The maximum absolute atomic E-state index is 10.7. The van der Waals surface area contributed by atoms with Crippen LogP contribution >= 0.6 is 0 Å². The van der Waals surface area contributed by atoms with Crippen LogP contribution in [0.5, 0.6) is 0 Å². The number of carbonyl (C=O) groups excluding carboxylic acids is 6. The average molecular weight is 754 g/mol. The molecule has 6 rings (SSSR count). The molecule has 8 atom stereocenters. The van der Waals surface area contributed by atoms with Crippen LogP contribution in [0.1, 0.15) is 165 Å². The summed E-state index contributed by atoms with van der Waals surface area (Å²) < 4.78 is 0. The Morgan fingerprint density at radius 1 is 0.377 bits per heavy atom. The van der Waals surface area contributed by atoms with E-state index < -0.39 is 0 Å². The Morgan fingerprint density at radius 3 is 0.774 bits per heavy atom. The number of hydrogen-bond donors (Lipinski definition) is 5. The highest BCUT2D eigenvalue weighted by molar-refractivity contribution is 5.82. The lowest BCUT2D eigenvalue weighted by atomic mass is 10.0. The van der Waals surface area contributed by atoms with Crippen molar-refractivity contribution < 1.29 is 49.2 Å². The fourth-order valence-electron chi connectivity index (χ4n) is 7.67. The zero-order valence-corrected chi connectivity index (χ0v) is 32.9. The summed E-state index contributed by atoms with van der Waals surface area (Å²) in [6.07, 6.45) is 16.5. The Balaban J connectivity index is 0.000000610. The molecule has 6 fully saturated rings. The fraction of sp³-hybridized carbons (Fsp3) is 0.857. The normalized spacial score (nSPS) is 30.2. The third-order valence-corrected chi connectivity index (χ3v) is 11.4. The number of Topliss-reactive ketones (excluding diaryl/α,β-unsaturated/α-hetero) is 6. The molecule has 0 unspecified atom stereocenters. The number of nitrogens with one attached hydrogen (secondary N) is 1. The molecule has 0 aromatic rings. The zero-order valence-electron chi connectivity index (χ0n) is 32.9.